The highest BCUT2D eigenvalue weighted by atomic mass is 16.6. The Morgan fingerprint density at radius 1 is 1.12 bits per heavy atom. The summed E-state index contributed by atoms with van der Waals surface area (Å²) >= 11 is 0. The third kappa shape index (κ3) is 3.77. The van der Waals surface area contributed by atoms with Crippen molar-refractivity contribution in [2.75, 3.05) is 6.61 Å². The van der Waals surface area contributed by atoms with Crippen molar-refractivity contribution >= 4 is 16.9 Å². The number of carbonyl (C=O) groups is 1. The SMILES string of the molecule is Cc1c(OCC(=O)OC(C)C)ccc2c(-c3ccccc3)cc(=O)oc12. The molecule has 0 N–H and O–H groups in total. The highest BCUT2D eigenvalue weighted by molar-refractivity contribution is 5.95. The van der Waals surface area contributed by atoms with Crippen LogP contribution in [0.1, 0.15) is 19.4 Å². The zero-order chi connectivity index (χ0) is 18.7. The summed E-state index contributed by atoms with van der Waals surface area (Å²) in [4.78, 5) is 23.7. The Labute approximate surface area is 151 Å². The van der Waals surface area contributed by atoms with Crippen LogP contribution in [-0.2, 0) is 9.53 Å². The molecule has 2 aromatic carbocycles. The lowest BCUT2D eigenvalue weighted by Gasteiger charge is -2.13. The molecule has 0 saturated carbocycles. The predicted molar refractivity (Wildman–Crippen MR) is 99.4 cm³/mol. The van der Waals surface area contributed by atoms with Gasteiger partial charge in [-0.2, -0.15) is 0 Å². The summed E-state index contributed by atoms with van der Waals surface area (Å²) in [6.45, 7) is 5.15. The van der Waals surface area contributed by atoms with E-state index in [1.54, 1.807) is 26.8 Å². The van der Waals surface area contributed by atoms with E-state index < -0.39 is 11.6 Å². The average Bonchev–Trinajstić information content (AvgIpc) is 2.61. The van der Waals surface area contributed by atoms with Crippen molar-refractivity contribution in [1.29, 1.82) is 0 Å². The van der Waals surface area contributed by atoms with Gasteiger partial charge in [-0.3, -0.25) is 0 Å². The summed E-state index contributed by atoms with van der Waals surface area (Å²) in [5.41, 5.74) is 2.40. The molecule has 0 aliphatic rings. The van der Waals surface area contributed by atoms with Crippen molar-refractivity contribution in [1.82, 2.24) is 0 Å². The third-order valence-electron chi connectivity index (χ3n) is 3.91. The molecule has 0 aliphatic heterocycles. The predicted octanol–water partition coefficient (Wildman–Crippen LogP) is 4.10. The van der Waals surface area contributed by atoms with E-state index in [4.69, 9.17) is 13.9 Å². The van der Waals surface area contributed by atoms with Gasteiger partial charge in [0.1, 0.15) is 11.3 Å². The summed E-state index contributed by atoms with van der Waals surface area (Å²) in [7, 11) is 0. The Morgan fingerprint density at radius 3 is 2.54 bits per heavy atom. The van der Waals surface area contributed by atoms with Crippen LogP contribution in [0.25, 0.3) is 22.1 Å². The lowest BCUT2D eigenvalue weighted by Crippen LogP contribution is -2.19. The van der Waals surface area contributed by atoms with Gasteiger partial charge in [0.05, 0.1) is 6.10 Å². The molecule has 134 valence electrons. The second-order valence-electron chi connectivity index (χ2n) is 6.24. The molecular formula is C21H20O5. The number of fused-ring (bicyclic) bond motifs is 1. The quantitative estimate of drug-likeness (QED) is 0.511. The molecule has 0 spiro atoms. The molecule has 0 saturated heterocycles. The Morgan fingerprint density at radius 2 is 1.85 bits per heavy atom. The van der Waals surface area contributed by atoms with Crippen LogP contribution in [0.3, 0.4) is 0 Å². The molecular weight excluding hydrogens is 332 g/mol. The van der Waals surface area contributed by atoms with E-state index >= 15 is 0 Å². The van der Waals surface area contributed by atoms with Gasteiger partial charge in [0.25, 0.3) is 0 Å². The van der Waals surface area contributed by atoms with Gasteiger partial charge in [-0.1, -0.05) is 30.3 Å². The Hall–Kier alpha value is -3.08. The Bertz CT molecular complexity index is 986. The first kappa shape index (κ1) is 17.7. The fourth-order valence-electron chi connectivity index (χ4n) is 2.79. The number of rotatable bonds is 5. The van der Waals surface area contributed by atoms with Crippen molar-refractivity contribution in [2.24, 2.45) is 0 Å². The second kappa shape index (κ2) is 7.44. The maximum Gasteiger partial charge on any atom is 0.344 e. The molecule has 0 fully saturated rings. The molecule has 0 bridgehead atoms. The van der Waals surface area contributed by atoms with Crippen LogP contribution in [0.2, 0.25) is 0 Å². The highest BCUT2D eigenvalue weighted by Gasteiger charge is 2.14. The van der Waals surface area contributed by atoms with Gasteiger partial charge in [0.15, 0.2) is 6.61 Å². The Balaban J connectivity index is 1.99. The van der Waals surface area contributed by atoms with E-state index in [2.05, 4.69) is 0 Å². The van der Waals surface area contributed by atoms with Crippen LogP contribution in [0, 0.1) is 6.92 Å². The van der Waals surface area contributed by atoms with Gasteiger partial charge in [0.2, 0.25) is 0 Å². The van der Waals surface area contributed by atoms with Gasteiger partial charge in [-0.15, -0.1) is 0 Å². The summed E-state index contributed by atoms with van der Waals surface area (Å²) in [6, 6.07) is 14.7. The first-order valence-corrected chi connectivity index (χ1v) is 8.41. The van der Waals surface area contributed by atoms with Gasteiger partial charge in [-0.25, -0.2) is 9.59 Å². The molecule has 0 radical (unpaired) electrons. The smallest absolute Gasteiger partial charge is 0.344 e. The maximum absolute atomic E-state index is 12.0. The number of carbonyl (C=O) groups excluding carboxylic acids is 1. The van der Waals surface area contributed by atoms with E-state index in [9.17, 15) is 9.59 Å². The molecule has 5 nitrogen and oxygen atoms in total. The van der Waals surface area contributed by atoms with Gasteiger partial charge < -0.3 is 13.9 Å². The summed E-state index contributed by atoms with van der Waals surface area (Å²) in [5, 5.41) is 0.811. The Kier molecular flexibility index (Phi) is 5.07. The van der Waals surface area contributed by atoms with Crippen molar-refractivity contribution < 1.29 is 18.7 Å². The minimum absolute atomic E-state index is 0.199. The number of hydrogen-bond donors (Lipinski definition) is 0. The van der Waals surface area contributed by atoms with E-state index in [-0.39, 0.29) is 12.7 Å². The minimum atomic E-state index is -0.445. The van der Waals surface area contributed by atoms with Crippen LogP contribution < -0.4 is 10.4 Å². The number of benzene rings is 2. The number of ether oxygens (including phenoxy) is 2. The van der Waals surface area contributed by atoms with Gasteiger partial charge in [-0.05, 0) is 44.0 Å². The molecule has 26 heavy (non-hydrogen) atoms. The maximum atomic E-state index is 12.0. The molecule has 3 rings (SSSR count). The van der Waals surface area contributed by atoms with Crippen LogP contribution in [0.5, 0.6) is 5.75 Å². The zero-order valence-electron chi connectivity index (χ0n) is 14.9. The van der Waals surface area contributed by atoms with Gasteiger partial charge >= 0.3 is 11.6 Å². The molecule has 1 heterocycles. The van der Waals surface area contributed by atoms with Gasteiger partial charge in [0, 0.05) is 17.0 Å². The summed E-state index contributed by atoms with van der Waals surface area (Å²) in [5.74, 6) is 0.0329. The summed E-state index contributed by atoms with van der Waals surface area (Å²) in [6.07, 6.45) is -0.199. The minimum Gasteiger partial charge on any atom is -0.481 e. The largest absolute Gasteiger partial charge is 0.481 e. The molecule has 5 heteroatoms. The van der Waals surface area contributed by atoms with Crippen molar-refractivity contribution in [3.05, 3.63) is 64.5 Å². The van der Waals surface area contributed by atoms with Crippen LogP contribution >= 0.6 is 0 Å². The molecule has 0 atom stereocenters. The third-order valence-corrected chi connectivity index (χ3v) is 3.91. The van der Waals surface area contributed by atoms with Crippen molar-refractivity contribution in [3.8, 4) is 16.9 Å². The van der Waals surface area contributed by atoms with E-state index in [0.29, 0.717) is 16.9 Å². The summed E-state index contributed by atoms with van der Waals surface area (Å²) < 4.78 is 16.0. The van der Waals surface area contributed by atoms with E-state index in [1.165, 1.54) is 6.07 Å². The van der Waals surface area contributed by atoms with Crippen LogP contribution in [-0.4, -0.2) is 18.7 Å². The lowest BCUT2D eigenvalue weighted by molar-refractivity contribution is -0.149. The fourth-order valence-corrected chi connectivity index (χ4v) is 2.79. The number of hydrogen-bond acceptors (Lipinski definition) is 5. The second-order valence-corrected chi connectivity index (χ2v) is 6.24. The molecule has 3 aromatic rings. The van der Waals surface area contributed by atoms with Crippen molar-refractivity contribution in [2.45, 2.75) is 26.9 Å². The average molecular weight is 352 g/mol. The normalized spacial score (nSPS) is 10.9. The molecule has 0 unspecified atom stereocenters. The standard InChI is InChI=1S/C21H20O5/c1-13(2)25-20(23)12-24-18-10-9-16-17(15-7-5-4-6-8-15)11-19(22)26-21(16)14(18)3/h4-11,13H,12H2,1-3H3. The zero-order valence-corrected chi connectivity index (χ0v) is 14.9. The first-order valence-electron chi connectivity index (χ1n) is 8.41. The fraction of sp³-hybridized carbons (Fsp3) is 0.238. The number of esters is 1. The molecule has 0 aliphatic carbocycles. The topological polar surface area (TPSA) is 65.7 Å². The molecule has 0 amide bonds. The first-order chi connectivity index (χ1) is 12.5. The van der Waals surface area contributed by atoms with Crippen LogP contribution in [0.15, 0.2) is 57.7 Å². The van der Waals surface area contributed by atoms with Crippen LogP contribution in [0.4, 0.5) is 0 Å². The van der Waals surface area contributed by atoms with E-state index in [1.807, 2.05) is 36.4 Å². The lowest BCUT2D eigenvalue weighted by atomic mass is 10.0. The monoisotopic (exact) mass is 352 g/mol. The van der Waals surface area contributed by atoms with Crippen molar-refractivity contribution in [3.63, 3.8) is 0 Å². The highest BCUT2D eigenvalue weighted by Crippen LogP contribution is 2.32. The molecule has 1 aromatic heterocycles. The number of aryl methyl sites for hydroxylation is 1. The van der Waals surface area contributed by atoms with E-state index in [0.717, 1.165) is 16.5 Å².